The Kier molecular flexibility index (Phi) is 9.43. The highest BCUT2D eigenvalue weighted by molar-refractivity contribution is 5.90. The lowest BCUT2D eigenvalue weighted by molar-refractivity contribution is 0.601. The molecule has 1 heterocycles. The van der Waals surface area contributed by atoms with E-state index in [0.717, 1.165) is 50.5 Å². The molecule has 0 saturated heterocycles. The number of rotatable bonds is 7. The van der Waals surface area contributed by atoms with Gasteiger partial charge in [0.05, 0.1) is 0 Å². The average Bonchev–Trinajstić information content (AvgIpc) is 3.68. The maximum atomic E-state index is 6.14. The number of fused-ring (bicyclic) bond motifs is 4. The first kappa shape index (κ1) is 35.4. The molecular weight excluding hydrogens is 667 g/mol. The standard InChI is InChI=1S/C51H41NO.C2H4/c1-5-12-49-34(2)46-32-39(24-30-50(46)53-49)38-15-11-16-43(31-38)52(41-25-19-36(20-26-41)35-13-7-6-8-14-35)42-27-21-37(22-28-42)40-23-29-45-44-17-9-10-18-47(44)51(3,4)48(45)33-40;1-2/h5-33H,1-4H3;1-2H2/b12-5-;. The van der Waals surface area contributed by atoms with Crippen molar-refractivity contribution in [1.29, 1.82) is 0 Å². The molecule has 0 spiro atoms. The van der Waals surface area contributed by atoms with Gasteiger partial charge in [0.2, 0.25) is 0 Å². The first-order valence-corrected chi connectivity index (χ1v) is 19.0. The molecule has 0 bridgehead atoms. The number of allylic oxidation sites excluding steroid dienone is 1. The summed E-state index contributed by atoms with van der Waals surface area (Å²) in [5.41, 5.74) is 18.0. The van der Waals surface area contributed by atoms with Crippen LogP contribution >= 0.6 is 0 Å². The predicted molar refractivity (Wildman–Crippen MR) is 235 cm³/mol. The molecule has 8 aromatic rings. The minimum absolute atomic E-state index is 0.0364. The van der Waals surface area contributed by atoms with E-state index in [1.165, 1.54) is 44.5 Å². The van der Waals surface area contributed by atoms with Gasteiger partial charge < -0.3 is 9.32 Å². The van der Waals surface area contributed by atoms with Crippen molar-refractivity contribution in [3.05, 3.63) is 205 Å². The van der Waals surface area contributed by atoms with Crippen LogP contribution < -0.4 is 4.90 Å². The summed E-state index contributed by atoms with van der Waals surface area (Å²) in [7, 11) is 0. The van der Waals surface area contributed by atoms with Crippen molar-refractivity contribution in [2.45, 2.75) is 33.1 Å². The van der Waals surface area contributed by atoms with Gasteiger partial charge in [-0.2, -0.15) is 0 Å². The molecule has 9 rings (SSSR count). The van der Waals surface area contributed by atoms with Gasteiger partial charge in [0.1, 0.15) is 11.3 Å². The second-order valence-electron chi connectivity index (χ2n) is 14.6. The Morgan fingerprint density at radius 3 is 1.76 bits per heavy atom. The lowest BCUT2D eigenvalue weighted by Gasteiger charge is -2.26. The second kappa shape index (κ2) is 14.6. The van der Waals surface area contributed by atoms with Crippen molar-refractivity contribution in [2.24, 2.45) is 0 Å². The Bertz CT molecular complexity index is 2660. The molecule has 2 heteroatoms. The number of anilines is 3. The quantitative estimate of drug-likeness (QED) is 0.153. The van der Waals surface area contributed by atoms with Crippen molar-refractivity contribution >= 4 is 34.1 Å². The molecule has 1 aromatic heterocycles. The Labute approximate surface area is 325 Å². The Hall–Kier alpha value is -6.64. The third kappa shape index (κ3) is 6.40. The molecule has 0 amide bonds. The van der Waals surface area contributed by atoms with E-state index in [4.69, 9.17) is 4.42 Å². The molecule has 0 radical (unpaired) electrons. The summed E-state index contributed by atoms with van der Waals surface area (Å²) in [6, 6.07) is 59.7. The number of benzene rings is 7. The van der Waals surface area contributed by atoms with Gasteiger partial charge in [-0.05, 0) is 130 Å². The van der Waals surface area contributed by atoms with E-state index in [2.05, 4.69) is 203 Å². The monoisotopic (exact) mass is 711 g/mol. The van der Waals surface area contributed by atoms with E-state index in [9.17, 15) is 0 Å². The fourth-order valence-corrected chi connectivity index (χ4v) is 8.12. The van der Waals surface area contributed by atoms with Crippen LogP contribution in [0, 0.1) is 6.92 Å². The minimum Gasteiger partial charge on any atom is -0.456 e. The molecule has 1 aliphatic carbocycles. The van der Waals surface area contributed by atoms with Crippen LogP contribution in [-0.4, -0.2) is 0 Å². The van der Waals surface area contributed by atoms with Gasteiger partial charge in [-0.1, -0.05) is 129 Å². The fraction of sp³-hybridized carbons (Fsp3) is 0.0943. The Balaban J connectivity index is 0.00000210. The van der Waals surface area contributed by atoms with Gasteiger partial charge in [-0.15, -0.1) is 13.2 Å². The van der Waals surface area contributed by atoms with Gasteiger partial charge in [0.15, 0.2) is 0 Å². The van der Waals surface area contributed by atoms with Gasteiger partial charge in [-0.25, -0.2) is 0 Å². The number of hydrogen-bond acceptors (Lipinski definition) is 2. The van der Waals surface area contributed by atoms with Crippen LogP contribution in [0.15, 0.2) is 187 Å². The number of nitrogens with zero attached hydrogens (tertiary/aromatic N) is 1. The molecule has 0 atom stereocenters. The topological polar surface area (TPSA) is 16.4 Å². The largest absolute Gasteiger partial charge is 0.456 e. The van der Waals surface area contributed by atoms with Crippen LogP contribution in [-0.2, 0) is 5.41 Å². The van der Waals surface area contributed by atoms with Crippen LogP contribution in [0.25, 0.3) is 61.6 Å². The smallest absolute Gasteiger partial charge is 0.135 e. The third-order valence-electron chi connectivity index (χ3n) is 11.0. The van der Waals surface area contributed by atoms with Crippen LogP contribution in [0.4, 0.5) is 17.1 Å². The number of furan rings is 1. The molecule has 7 aromatic carbocycles. The van der Waals surface area contributed by atoms with Crippen molar-refractivity contribution in [3.8, 4) is 44.5 Å². The van der Waals surface area contributed by atoms with E-state index in [1.807, 2.05) is 19.1 Å². The fourth-order valence-electron chi connectivity index (χ4n) is 8.12. The Morgan fingerprint density at radius 1 is 0.509 bits per heavy atom. The summed E-state index contributed by atoms with van der Waals surface area (Å²) in [6.07, 6.45) is 4.06. The second-order valence-corrected chi connectivity index (χ2v) is 14.6. The normalized spacial score (nSPS) is 12.6. The molecule has 0 fully saturated rings. The minimum atomic E-state index is -0.0364. The molecule has 0 saturated carbocycles. The first-order valence-electron chi connectivity index (χ1n) is 19.0. The van der Waals surface area contributed by atoms with Gasteiger partial charge in [0, 0.05) is 33.4 Å². The van der Waals surface area contributed by atoms with Crippen molar-refractivity contribution in [3.63, 3.8) is 0 Å². The Morgan fingerprint density at radius 2 is 1.05 bits per heavy atom. The van der Waals surface area contributed by atoms with Crippen LogP contribution in [0.3, 0.4) is 0 Å². The highest BCUT2D eigenvalue weighted by Crippen LogP contribution is 2.49. The van der Waals surface area contributed by atoms with Crippen molar-refractivity contribution in [1.82, 2.24) is 0 Å². The molecule has 0 unspecified atom stereocenters. The van der Waals surface area contributed by atoms with Crippen LogP contribution in [0.1, 0.15) is 43.2 Å². The SMILES string of the molecule is C/C=C\c1oc2ccc(-c3cccc(N(c4ccc(-c5ccccc5)cc4)c4ccc(-c5ccc6c(c5)C(C)(C)c5ccccc5-6)cc4)c3)cc2c1C.C=C. The van der Waals surface area contributed by atoms with Crippen molar-refractivity contribution < 1.29 is 4.42 Å². The highest BCUT2D eigenvalue weighted by atomic mass is 16.3. The lowest BCUT2D eigenvalue weighted by Crippen LogP contribution is -2.14. The van der Waals surface area contributed by atoms with Crippen LogP contribution in [0.5, 0.6) is 0 Å². The van der Waals surface area contributed by atoms with E-state index >= 15 is 0 Å². The highest BCUT2D eigenvalue weighted by Gasteiger charge is 2.35. The van der Waals surface area contributed by atoms with Crippen LogP contribution in [0.2, 0.25) is 0 Å². The summed E-state index contributed by atoms with van der Waals surface area (Å²) in [4.78, 5) is 2.36. The molecular formula is C53H45NO. The summed E-state index contributed by atoms with van der Waals surface area (Å²) >= 11 is 0. The summed E-state index contributed by atoms with van der Waals surface area (Å²) in [6.45, 7) is 14.8. The van der Waals surface area contributed by atoms with E-state index in [0.29, 0.717) is 0 Å². The summed E-state index contributed by atoms with van der Waals surface area (Å²) in [5, 5.41) is 1.14. The molecule has 0 aliphatic heterocycles. The number of aryl methyl sites for hydroxylation is 1. The third-order valence-corrected chi connectivity index (χ3v) is 11.0. The zero-order valence-electron chi connectivity index (χ0n) is 32.0. The molecule has 0 N–H and O–H groups in total. The maximum absolute atomic E-state index is 6.14. The zero-order chi connectivity index (χ0) is 38.1. The molecule has 55 heavy (non-hydrogen) atoms. The average molecular weight is 712 g/mol. The molecule has 2 nitrogen and oxygen atoms in total. The number of hydrogen-bond donors (Lipinski definition) is 0. The molecule has 1 aliphatic rings. The summed E-state index contributed by atoms with van der Waals surface area (Å²) in [5.74, 6) is 0.913. The first-order chi connectivity index (χ1) is 26.9. The van der Waals surface area contributed by atoms with Gasteiger partial charge in [0.25, 0.3) is 0 Å². The van der Waals surface area contributed by atoms with E-state index in [1.54, 1.807) is 0 Å². The summed E-state index contributed by atoms with van der Waals surface area (Å²) < 4.78 is 6.14. The van der Waals surface area contributed by atoms with Gasteiger partial charge in [-0.3, -0.25) is 0 Å². The van der Waals surface area contributed by atoms with E-state index in [-0.39, 0.29) is 5.41 Å². The van der Waals surface area contributed by atoms with Crippen molar-refractivity contribution in [2.75, 3.05) is 4.90 Å². The predicted octanol–water partition coefficient (Wildman–Crippen LogP) is 15.4. The molecule has 268 valence electrons. The van der Waals surface area contributed by atoms with E-state index < -0.39 is 0 Å². The maximum Gasteiger partial charge on any atom is 0.135 e. The zero-order valence-corrected chi connectivity index (χ0v) is 32.0. The lowest BCUT2D eigenvalue weighted by atomic mass is 9.81. The van der Waals surface area contributed by atoms with Gasteiger partial charge >= 0.3 is 0 Å².